The molecule has 0 spiro atoms. The summed E-state index contributed by atoms with van der Waals surface area (Å²) in [7, 11) is 0. The van der Waals surface area contributed by atoms with Crippen molar-refractivity contribution in [3.05, 3.63) is 35.1 Å². The van der Waals surface area contributed by atoms with Gasteiger partial charge in [-0.1, -0.05) is 17.7 Å². The molecule has 0 bridgehead atoms. The van der Waals surface area contributed by atoms with E-state index in [1.807, 2.05) is 5.32 Å². The van der Waals surface area contributed by atoms with Crippen molar-refractivity contribution in [2.24, 2.45) is 0 Å². The van der Waals surface area contributed by atoms with Crippen molar-refractivity contribution < 1.29 is 22.7 Å². The predicted octanol–water partition coefficient (Wildman–Crippen LogP) is 2.55. The molecule has 0 radical (unpaired) electrons. The fourth-order valence-corrected chi connectivity index (χ4v) is 1.70. The first-order valence-corrected chi connectivity index (χ1v) is 4.97. The molecule has 3 nitrogen and oxygen atoms in total. The summed E-state index contributed by atoms with van der Waals surface area (Å²) < 4.78 is 44.8. The first kappa shape index (κ1) is 11.8. The van der Waals surface area contributed by atoms with Crippen LogP contribution in [-0.2, 0) is 4.74 Å². The number of aryl methyl sites for hydroxylation is 1. The van der Waals surface area contributed by atoms with Crippen LogP contribution in [0.5, 0.6) is 0 Å². The molecule has 1 atom stereocenters. The van der Waals surface area contributed by atoms with Crippen LogP contribution in [0.1, 0.15) is 17.2 Å². The summed E-state index contributed by atoms with van der Waals surface area (Å²) in [4.78, 5) is 10.9. The molecule has 2 rings (SSSR count). The summed E-state index contributed by atoms with van der Waals surface area (Å²) >= 11 is 0. The Morgan fingerprint density at radius 1 is 1.47 bits per heavy atom. The van der Waals surface area contributed by atoms with Crippen LogP contribution >= 0.6 is 0 Å². The monoisotopic (exact) mass is 245 g/mol. The fraction of sp³-hybridized carbons (Fsp3) is 0.364. The largest absolute Gasteiger partial charge is 0.443 e. The highest BCUT2D eigenvalue weighted by Crippen LogP contribution is 2.35. The molecular formula is C11H10F3NO2. The minimum Gasteiger partial charge on any atom is -0.443 e. The van der Waals surface area contributed by atoms with E-state index in [1.54, 1.807) is 6.92 Å². The molecular weight excluding hydrogens is 235 g/mol. The average Bonchev–Trinajstić information content (AvgIpc) is 2.26. The SMILES string of the molecule is Cc1ccc(F)c([C@H]2NC(=O)OCC2(F)F)c1. The average molecular weight is 245 g/mol. The number of hydrogen-bond donors (Lipinski definition) is 1. The van der Waals surface area contributed by atoms with E-state index in [1.165, 1.54) is 12.1 Å². The first-order valence-electron chi connectivity index (χ1n) is 4.97. The molecule has 1 aromatic carbocycles. The lowest BCUT2D eigenvalue weighted by atomic mass is 9.98. The van der Waals surface area contributed by atoms with Crippen molar-refractivity contribution in [2.45, 2.75) is 18.9 Å². The van der Waals surface area contributed by atoms with Crippen molar-refractivity contribution in [2.75, 3.05) is 6.61 Å². The van der Waals surface area contributed by atoms with E-state index in [4.69, 9.17) is 0 Å². The Hall–Kier alpha value is -1.72. The summed E-state index contributed by atoms with van der Waals surface area (Å²) in [5.41, 5.74) is 0.407. The lowest BCUT2D eigenvalue weighted by Crippen LogP contribution is -2.49. The van der Waals surface area contributed by atoms with Crippen LogP contribution in [0.25, 0.3) is 0 Å². The lowest BCUT2D eigenvalue weighted by molar-refractivity contribution is -0.105. The maximum Gasteiger partial charge on any atom is 0.408 e. The topological polar surface area (TPSA) is 38.3 Å². The second-order valence-electron chi connectivity index (χ2n) is 3.94. The van der Waals surface area contributed by atoms with E-state index in [0.29, 0.717) is 5.56 Å². The second-order valence-corrected chi connectivity index (χ2v) is 3.94. The molecule has 0 saturated carbocycles. The van der Waals surface area contributed by atoms with Crippen LogP contribution in [0.3, 0.4) is 0 Å². The van der Waals surface area contributed by atoms with Crippen molar-refractivity contribution in [1.82, 2.24) is 5.32 Å². The smallest absolute Gasteiger partial charge is 0.408 e. The maximum absolute atomic E-state index is 13.5. The molecule has 0 aromatic heterocycles. The summed E-state index contributed by atoms with van der Waals surface area (Å²) in [5, 5.41) is 1.94. The van der Waals surface area contributed by atoms with Gasteiger partial charge in [0.05, 0.1) is 0 Å². The van der Waals surface area contributed by atoms with Gasteiger partial charge in [-0.3, -0.25) is 0 Å². The molecule has 1 aromatic rings. The van der Waals surface area contributed by atoms with Crippen LogP contribution in [-0.4, -0.2) is 18.6 Å². The van der Waals surface area contributed by atoms with Crippen molar-refractivity contribution in [3.8, 4) is 0 Å². The molecule has 17 heavy (non-hydrogen) atoms. The van der Waals surface area contributed by atoms with Gasteiger partial charge in [0.2, 0.25) is 0 Å². The number of alkyl halides is 2. The van der Waals surface area contributed by atoms with E-state index in [-0.39, 0.29) is 5.56 Å². The number of carbonyl (C=O) groups excluding carboxylic acids is 1. The molecule has 6 heteroatoms. The zero-order valence-corrected chi connectivity index (χ0v) is 8.97. The Morgan fingerprint density at radius 3 is 2.88 bits per heavy atom. The molecule has 1 aliphatic rings. The minimum atomic E-state index is -3.33. The van der Waals surface area contributed by atoms with Gasteiger partial charge in [0.1, 0.15) is 11.9 Å². The van der Waals surface area contributed by atoms with Crippen LogP contribution in [0, 0.1) is 12.7 Å². The number of ether oxygens (including phenoxy) is 1. The van der Waals surface area contributed by atoms with Crippen LogP contribution < -0.4 is 5.32 Å². The summed E-state index contributed by atoms with van der Waals surface area (Å²) in [5.74, 6) is -4.11. The third kappa shape index (κ3) is 2.20. The minimum absolute atomic E-state index is 0.230. The zero-order valence-electron chi connectivity index (χ0n) is 8.97. The van der Waals surface area contributed by atoms with Crippen LogP contribution in [0.15, 0.2) is 18.2 Å². The molecule has 1 heterocycles. The quantitative estimate of drug-likeness (QED) is 0.825. The van der Waals surface area contributed by atoms with E-state index in [0.717, 1.165) is 6.07 Å². The Balaban J connectivity index is 2.42. The number of rotatable bonds is 1. The van der Waals surface area contributed by atoms with Crippen molar-refractivity contribution in [3.63, 3.8) is 0 Å². The number of nitrogens with one attached hydrogen (secondary N) is 1. The Kier molecular flexibility index (Phi) is 2.73. The first-order chi connectivity index (χ1) is 7.90. The van der Waals surface area contributed by atoms with Gasteiger partial charge in [0, 0.05) is 5.56 Å². The highest BCUT2D eigenvalue weighted by atomic mass is 19.3. The standard InChI is InChI=1S/C11H10F3NO2/c1-6-2-3-8(12)7(4-6)9-11(13,14)5-17-10(16)15-9/h2-4,9H,5H2,1H3,(H,15,16)/t9-/m1/s1. The van der Waals surface area contributed by atoms with Crippen molar-refractivity contribution >= 4 is 6.09 Å². The molecule has 1 fully saturated rings. The van der Waals surface area contributed by atoms with Gasteiger partial charge >= 0.3 is 12.0 Å². The van der Waals surface area contributed by atoms with E-state index in [9.17, 15) is 18.0 Å². The molecule has 1 aliphatic heterocycles. The van der Waals surface area contributed by atoms with Gasteiger partial charge < -0.3 is 10.1 Å². The number of cyclic esters (lactones) is 1. The number of carbonyl (C=O) groups is 1. The molecule has 0 aliphatic carbocycles. The number of alkyl carbamates (subject to hydrolysis) is 1. The van der Waals surface area contributed by atoms with Crippen molar-refractivity contribution in [1.29, 1.82) is 0 Å². The molecule has 1 amide bonds. The van der Waals surface area contributed by atoms with Gasteiger partial charge in [0.15, 0.2) is 6.61 Å². The fourth-order valence-electron chi connectivity index (χ4n) is 1.70. The third-order valence-electron chi connectivity index (χ3n) is 2.54. The number of halogens is 3. The van der Waals surface area contributed by atoms with Crippen LogP contribution in [0.4, 0.5) is 18.0 Å². The van der Waals surface area contributed by atoms with Gasteiger partial charge in [0.25, 0.3) is 0 Å². The molecule has 0 unspecified atom stereocenters. The molecule has 1 N–H and O–H groups in total. The zero-order chi connectivity index (χ0) is 12.6. The Bertz CT molecular complexity index is 462. The van der Waals surface area contributed by atoms with Gasteiger partial charge in [-0.2, -0.15) is 0 Å². The Morgan fingerprint density at radius 2 is 2.18 bits per heavy atom. The summed E-state index contributed by atoms with van der Waals surface area (Å²) in [6, 6.07) is 2.17. The number of amides is 1. The van der Waals surface area contributed by atoms with E-state index >= 15 is 0 Å². The lowest BCUT2D eigenvalue weighted by Gasteiger charge is -2.32. The third-order valence-corrected chi connectivity index (χ3v) is 2.54. The number of benzene rings is 1. The maximum atomic E-state index is 13.5. The van der Waals surface area contributed by atoms with Crippen LogP contribution in [0.2, 0.25) is 0 Å². The second kappa shape index (κ2) is 3.94. The summed E-state index contributed by atoms with van der Waals surface area (Å²) in [6.07, 6.45) is -0.971. The Labute approximate surface area is 95.6 Å². The van der Waals surface area contributed by atoms with E-state index in [2.05, 4.69) is 4.74 Å². The highest BCUT2D eigenvalue weighted by Gasteiger charge is 2.47. The molecule has 1 saturated heterocycles. The van der Waals surface area contributed by atoms with Gasteiger partial charge in [-0.05, 0) is 13.0 Å². The van der Waals surface area contributed by atoms with E-state index < -0.39 is 30.5 Å². The number of hydrogen-bond acceptors (Lipinski definition) is 2. The predicted molar refractivity (Wildman–Crippen MR) is 53.3 cm³/mol. The van der Waals surface area contributed by atoms with Gasteiger partial charge in [-0.25, -0.2) is 18.0 Å². The highest BCUT2D eigenvalue weighted by molar-refractivity contribution is 5.69. The summed E-state index contributed by atoms with van der Waals surface area (Å²) in [6.45, 7) is 0.610. The van der Waals surface area contributed by atoms with Gasteiger partial charge in [-0.15, -0.1) is 0 Å². The normalized spacial score (nSPS) is 22.8. The molecule has 92 valence electrons.